The highest BCUT2D eigenvalue weighted by Crippen LogP contribution is 2.13. The van der Waals surface area contributed by atoms with Crippen LogP contribution in [0.3, 0.4) is 0 Å². The molecule has 2 rings (SSSR count). The molecule has 1 atom stereocenters. The van der Waals surface area contributed by atoms with Crippen LogP contribution in [-0.2, 0) is 0 Å². The number of rotatable bonds is 8. The van der Waals surface area contributed by atoms with Crippen molar-refractivity contribution in [3.05, 3.63) is 95.6 Å². The average Bonchev–Trinajstić information content (AvgIpc) is 2.70. The van der Waals surface area contributed by atoms with E-state index in [1.54, 1.807) is 0 Å². The highest BCUT2D eigenvalue weighted by atomic mass is 16.4. The van der Waals surface area contributed by atoms with Gasteiger partial charge in [-0.1, -0.05) is 96.1 Å². The topological polar surface area (TPSA) is 65.2 Å². The van der Waals surface area contributed by atoms with E-state index in [1.807, 2.05) is 80.6 Å². The summed E-state index contributed by atoms with van der Waals surface area (Å²) in [6.45, 7) is 3.95. The average molecular weight is 362 g/mol. The number of unbranched alkanes of at least 4 members (excludes halogenated alkanes) is 1. The van der Waals surface area contributed by atoms with Crippen LogP contribution in [0.15, 0.2) is 94.8 Å². The van der Waals surface area contributed by atoms with Crippen LogP contribution in [0.25, 0.3) is 0 Å². The lowest BCUT2D eigenvalue weighted by Gasteiger charge is -2.09. The second-order valence-electron chi connectivity index (χ2n) is 6.35. The molecule has 2 aromatic rings. The summed E-state index contributed by atoms with van der Waals surface area (Å²) in [6.07, 6.45) is 7.88. The number of hydrogen-bond donors (Lipinski definition) is 2. The maximum absolute atomic E-state index is 9.33. The van der Waals surface area contributed by atoms with Crippen LogP contribution in [0.2, 0.25) is 0 Å². The van der Waals surface area contributed by atoms with E-state index in [0.717, 1.165) is 29.5 Å². The number of benzene rings is 2. The van der Waals surface area contributed by atoms with Gasteiger partial charge in [-0.25, -0.2) is 0 Å². The van der Waals surface area contributed by atoms with Gasteiger partial charge in [0.25, 0.3) is 0 Å². The van der Waals surface area contributed by atoms with E-state index < -0.39 is 0 Å². The molecule has 0 aliphatic heterocycles. The number of nitrogens with zero attached hydrogens (tertiary/aromatic N) is 2. The fraction of sp³-hybridized carbons (Fsp3) is 0.217. The first kappa shape index (κ1) is 20.2. The van der Waals surface area contributed by atoms with Crippen molar-refractivity contribution in [1.82, 2.24) is 0 Å². The minimum absolute atomic E-state index is 0.0151. The first-order chi connectivity index (χ1) is 13.2. The molecule has 0 saturated carbocycles. The first-order valence-corrected chi connectivity index (χ1v) is 9.06. The molecule has 0 radical (unpaired) electrons. The van der Waals surface area contributed by atoms with Crippen molar-refractivity contribution in [2.24, 2.45) is 16.2 Å². The molecule has 0 amide bonds. The Morgan fingerprint density at radius 3 is 2.04 bits per heavy atom. The second-order valence-corrected chi connectivity index (χ2v) is 6.35. The van der Waals surface area contributed by atoms with E-state index >= 15 is 0 Å². The van der Waals surface area contributed by atoms with Gasteiger partial charge in [0.1, 0.15) is 5.71 Å². The fourth-order valence-corrected chi connectivity index (χ4v) is 2.87. The molecule has 140 valence electrons. The molecule has 2 N–H and O–H groups in total. The van der Waals surface area contributed by atoms with E-state index in [9.17, 15) is 10.4 Å². The summed E-state index contributed by atoms with van der Waals surface area (Å²) < 4.78 is 0. The van der Waals surface area contributed by atoms with E-state index in [1.165, 1.54) is 0 Å². The van der Waals surface area contributed by atoms with Crippen molar-refractivity contribution in [2.75, 3.05) is 0 Å². The zero-order valence-electron chi connectivity index (χ0n) is 15.8. The SMILES string of the molecule is CC(=CCCC=CC(C)C(=NO)c1ccccc1)C(=NO)c1ccccc1. The normalized spacial score (nSPS) is 14.5. The fourth-order valence-electron chi connectivity index (χ4n) is 2.87. The van der Waals surface area contributed by atoms with Crippen LogP contribution >= 0.6 is 0 Å². The Balaban J connectivity index is 1.92. The maximum atomic E-state index is 9.33. The zero-order chi connectivity index (χ0) is 19.5. The predicted molar refractivity (Wildman–Crippen MR) is 111 cm³/mol. The summed E-state index contributed by atoms with van der Waals surface area (Å²) in [5.74, 6) is 0.0151. The van der Waals surface area contributed by atoms with Gasteiger partial charge in [0.05, 0.1) is 5.71 Å². The molecular weight excluding hydrogens is 336 g/mol. The third-order valence-corrected chi connectivity index (χ3v) is 4.34. The van der Waals surface area contributed by atoms with Crippen molar-refractivity contribution in [1.29, 1.82) is 0 Å². The lowest BCUT2D eigenvalue weighted by molar-refractivity contribution is 0.317. The van der Waals surface area contributed by atoms with E-state index in [4.69, 9.17) is 0 Å². The number of hydrogen-bond acceptors (Lipinski definition) is 4. The molecule has 0 saturated heterocycles. The predicted octanol–water partition coefficient (Wildman–Crippen LogP) is 5.66. The van der Waals surface area contributed by atoms with Crippen molar-refractivity contribution in [2.45, 2.75) is 26.7 Å². The van der Waals surface area contributed by atoms with Crippen LogP contribution in [0.5, 0.6) is 0 Å². The van der Waals surface area contributed by atoms with Gasteiger partial charge in [0.15, 0.2) is 0 Å². The largest absolute Gasteiger partial charge is 0.411 e. The van der Waals surface area contributed by atoms with Crippen LogP contribution in [-0.4, -0.2) is 21.8 Å². The van der Waals surface area contributed by atoms with Gasteiger partial charge >= 0.3 is 0 Å². The lowest BCUT2D eigenvalue weighted by atomic mass is 9.97. The third-order valence-electron chi connectivity index (χ3n) is 4.34. The molecule has 2 aromatic carbocycles. The van der Waals surface area contributed by atoms with Crippen LogP contribution in [0.4, 0.5) is 0 Å². The number of allylic oxidation sites excluding steroid dienone is 4. The van der Waals surface area contributed by atoms with Crippen LogP contribution in [0.1, 0.15) is 37.8 Å². The summed E-state index contributed by atoms with van der Waals surface area (Å²) in [5, 5.41) is 25.6. The van der Waals surface area contributed by atoms with Gasteiger partial charge in [-0.2, -0.15) is 0 Å². The van der Waals surface area contributed by atoms with E-state index in [-0.39, 0.29) is 5.92 Å². The maximum Gasteiger partial charge on any atom is 0.112 e. The minimum atomic E-state index is 0.0151. The van der Waals surface area contributed by atoms with Crippen molar-refractivity contribution >= 4 is 11.4 Å². The Morgan fingerprint density at radius 1 is 0.889 bits per heavy atom. The Bertz CT molecular complexity index is 822. The molecule has 0 heterocycles. The minimum Gasteiger partial charge on any atom is -0.411 e. The molecule has 0 bridgehead atoms. The quantitative estimate of drug-likeness (QED) is 0.209. The van der Waals surface area contributed by atoms with Gasteiger partial charge in [0, 0.05) is 11.5 Å². The van der Waals surface area contributed by atoms with Gasteiger partial charge in [-0.05, 0) is 30.9 Å². The first-order valence-electron chi connectivity index (χ1n) is 9.06. The van der Waals surface area contributed by atoms with E-state index in [2.05, 4.69) is 22.5 Å². The molecule has 0 aromatic heterocycles. The van der Waals surface area contributed by atoms with Crippen molar-refractivity contribution < 1.29 is 10.4 Å². The molecule has 0 fully saturated rings. The van der Waals surface area contributed by atoms with Crippen LogP contribution in [0, 0.1) is 5.92 Å². The summed E-state index contributed by atoms with van der Waals surface area (Å²) in [7, 11) is 0. The molecule has 4 nitrogen and oxygen atoms in total. The molecule has 0 aliphatic carbocycles. The summed E-state index contributed by atoms with van der Waals surface area (Å²) in [5.41, 5.74) is 3.99. The highest BCUT2D eigenvalue weighted by Gasteiger charge is 2.10. The summed E-state index contributed by atoms with van der Waals surface area (Å²) >= 11 is 0. The Labute approximate surface area is 160 Å². The standard InChI is InChI=1S/C23H26N2O2/c1-18(22(24-26)20-14-8-4-9-15-20)12-6-3-7-13-19(2)23(25-27)21-16-10-5-11-17-21/h4-6,8-18,26-27H,3,7H2,1-2H3. The Morgan fingerprint density at radius 2 is 1.48 bits per heavy atom. The summed E-state index contributed by atoms with van der Waals surface area (Å²) in [4.78, 5) is 0. The van der Waals surface area contributed by atoms with Gasteiger partial charge in [0.2, 0.25) is 0 Å². The second kappa shape index (κ2) is 10.8. The summed E-state index contributed by atoms with van der Waals surface area (Å²) in [6, 6.07) is 19.3. The monoisotopic (exact) mass is 362 g/mol. The van der Waals surface area contributed by atoms with E-state index in [0.29, 0.717) is 11.4 Å². The molecule has 27 heavy (non-hydrogen) atoms. The third kappa shape index (κ3) is 5.96. The zero-order valence-corrected chi connectivity index (χ0v) is 15.8. The molecule has 1 unspecified atom stereocenters. The lowest BCUT2D eigenvalue weighted by Crippen LogP contribution is -2.10. The number of oxime groups is 2. The highest BCUT2D eigenvalue weighted by molar-refractivity contribution is 6.11. The smallest absolute Gasteiger partial charge is 0.112 e. The van der Waals surface area contributed by atoms with Gasteiger partial charge in [-0.15, -0.1) is 0 Å². The Kier molecular flexibility index (Phi) is 8.04. The molecule has 0 spiro atoms. The van der Waals surface area contributed by atoms with Gasteiger partial charge < -0.3 is 10.4 Å². The Hall–Kier alpha value is -3.14. The van der Waals surface area contributed by atoms with Crippen molar-refractivity contribution in [3.63, 3.8) is 0 Å². The van der Waals surface area contributed by atoms with Gasteiger partial charge in [-0.3, -0.25) is 0 Å². The van der Waals surface area contributed by atoms with Crippen molar-refractivity contribution in [3.8, 4) is 0 Å². The molecule has 4 heteroatoms. The molecule has 0 aliphatic rings. The van der Waals surface area contributed by atoms with Crippen LogP contribution < -0.4 is 0 Å². The molecular formula is C23H26N2O2.